The van der Waals surface area contributed by atoms with Crippen molar-refractivity contribution in [3.63, 3.8) is 0 Å². The summed E-state index contributed by atoms with van der Waals surface area (Å²) in [7, 11) is 0. The Labute approximate surface area is 153 Å². The first-order valence-electron chi connectivity index (χ1n) is 8.22. The number of hydrogen-bond acceptors (Lipinski definition) is 2. The monoisotopic (exact) mass is 429 g/mol. The van der Waals surface area contributed by atoms with Crippen LogP contribution in [0.1, 0.15) is 36.0 Å². The molecule has 1 unspecified atom stereocenters. The summed E-state index contributed by atoms with van der Waals surface area (Å²) in [5.41, 5.74) is 5.33. The van der Waals surface area contributed by atoms with Crippen LogP contribution in [0.5, 0.6) is 0 Å². The molecule has 2 heterocycles. The number of aromatic nitrogens is 2. The van der Waals surface area contributed by atoms with Gasteiger partial charge in [0.15, 0.2) is 0 Å². The third-order valence-electron chi connectivity index (χ3n) is 5.53. The third-order valence-corrected chi connectivity index (χ3v) is 6.35. The molecule has 24 heavy (non-hydrogen) atoms. The number of H-pyrrole nitrogens is 1. The van der Waals surface area contributed by atoms with Crippen LogP contribution in [0.25, 0.3) is 10.9 Å². The number of carbonyl (C=O) groups excluding carboxylic acids is 1. The maximum absolute atomic E-state index is 12.7. The number of fused-ring (bicyclic) bond motifs is 3. The number of rotatable bonds is 2. The lowest BCUT2D eigenvalue weighted by molar-refractivity contribution is -0.118. The van der Waals surface area contributed by atoms with E-state index in [0.717, 1.165) is 33.1 Å². The summed E-state index contributed by atoms with van der Waals surface area (Å²) in [5, 5.41) is 11.6. The van der Waals surface area contributed by atoms with Crippen LogP contribution in [0.3, 0.4) is 0 Å². The second-order valence-electron chi connectivity index (χ2n) is 6.74. The summed E-state index contributed by atoms with van der Waals surface area (Å²) < 4.78 is 0.983. The summed E-state index contributed by atoms with van der Waals surface area (Å²) in [6.45, 7) is 2.15. The molecule has 5 rings (SSSR count). The SMILES string of the molecule is CCc1ccc2c(c1)[C@]1(CC1c1ccc3c(I)n[nH]c3c1)C(=O)N2. The van der Waals surface area contributed by atoms with E-state index in [1.165, 1.54) is 16.7 Å². The number of nitrogens with one attached hydrogen (secondary N) is 2. The van der Waals surface area contributed by atoms with Crippen LogP contribution in [-0.4, -0.2) is 16.1 Å². The van der Waals surface area contributed by atoms with Crippen molar-refractivity contribution in [3.8, 4) is 0 Å². The van der Waals surface area contributed by atoms with Crippen LogP contribution < -0.4 is 5.32 Å². The molecule has 2 aromatic carbocycles. The molecule has 2 aliphatic rings. The number of aromatic amines is 1. The minimum atomic E-state index is -0.374. The molecule has 2 N–H and O–H groups in total. The number of nitrogens with zero attached hydrogens (tertiary/aromatic N) is 1. The first-order valence-corrected chi connectivity index (χ1v) is 9.29. The highest BCUT2D eigenvalue weighted by Gasteiger charge is 2.65. The Kier molecular flexibility index (Phi) is 2.90. The van der Waals surface area contributed by atoms with Crippen LogP contribution in [0, 0.1) is 3.70 Å². The zero-order valence-corrected chi connectivity index (χ0v) is 15.3. The average Bonchev–Trinajstić information content (AvgIpc) is 3.17. The molecule has 0 radical (unpaired) electrons. The van der Waals surface area contributed by atoms with Crippen molar-refractivity contribution >= 4 is 45.1 Å². The second kappa shape index (κ2) is 4.81. The largest absolute Gasteiger partial charge is 0.325 e. The van der Waals surface area contributed by atoms with Crippen LogP contribution in [0.4, 0.5) is 5.69 Å². The van der Waals surface area contributed by atoms with E-state index in [4.69, 9.17) is 0 Å². The standard InChI is InChI=1S/C19H16IN3O/c1-2-10-3-6-15-13(7-10)19(18(24)21-15)9-14(19)11-4-5-12-16(8-11)22-23-17(12)20/h3-8,14H,2,9H2,1H3,(H,21,24)(H,22,23)/t14?,19-/m0/s1. The zero-order valence-electron chi connectivity index (χ0n) is 13.2. The van der Waals surface area contributed by atoms with Crippen molar-refractivity contribution in [1.82, 2.24) is 10.2 Å². The van der Waals surface area contributed by atoms with Crippen molar-refractivity contribution in [3.05, 3.63) is 56.8 Å². The first kappa shape index (κ1) is 14.5. The summed E-state index contributed by atoms with van der Waals surface area (Å²) >= 11 is 2.23. The molecule has 1 aromatic heterocycles. The van der Waals surface area contributed by atoms with Crippen LogP contribution in [0.2, 0.25) is 0 Å². The summed E-state index contributed by atoms with van der Waals surface area (Å²) in [6, 6.07) is 12.8. The first-order chi connectivity index (χ1) is 11.6. The van der Waals surface area contributed by atoms with Crippen LogP contribution >= 0.6 is 22.6 Å². The molecule has 1 saturated carbocycles. The quantitative estimate of drug-likeness (QED) is 0.603. The van der Waals surface area contributed by atoms with E-state index in [0.29, 0.717) is 0 Å². The number of halogens is 1. The van der Waals surface area contributed by atoms with Gasteiger partial charge in [0, 0.05) is 17.0 Å². The van der Waals surface area contributed by atoms with Gasteiger partial charge in [-0.2, -0.15) is 5.10 Å². The lowest BCUT2D eigenvalue weighted by Crippen LogP contribution is -2.21. The minimum absolute atomic E-state index is 0.148. The highest BCUT2D eigenvalue weighted by atomic mass is 127. The van der Waals surface area contributed by atoms with E-state index in [2.05, 4.69) is 81.4 Å². The predicted octanol–water partition coefficient (Wildman–Crippen LogP) is 4.11. The van der Waals surface area contributed by atoms with Gasteiger partial charge in [-0.05, 0) is 70.3 Å². The van der Waals surface area contributed by atoms with Gasteiger partial charge in [-0.3, -0.25) is 9.89 Å². The van der Waals surface area contributed by atoms with Gasteiger partial charge in [0.05, 0.1) is 10.9 Å². The van der Waals surface area contributed by atoms with Gasteiger partial charge in [0.2, 0.25) is 5.91 Å². The fourth-order valence-electron chi connectivity index (χ4n) is 4.08. The second-order valence-corrected chi connectivity index (χ2v) is 7.76. The molecule has 120 valence electrons. The fourth-order valence-corrected chi connectivity index (χ4v) is 4.67. The van der Waals surface area contributed by atoms with Crippen LogP contribution in [-0.2, 0) is 16.6 Å². The Hall–Kier alpha value is -1.89. The molecule has 1 aliphatic carbocycles. The molecule has 5 heteroatoms. The average molecular weight is 429 g/mol. The molecule has 0 bridgehead atoms. The lowest BCUT2D eigenvalue weighted by atomic mass is 9.90. The lowest BCUT2D eigenvalue weighted by Gasteiger charge is -2.10. The molecule has 1 aliphatic heterocycles. The maximum atomic E-state index is 12.7. The van der Waals surface area contributed by atoms with Gasteiger partial charge < -0.3 is 5.32 Å². The normalized spacial score (nSPS) is 24.4. The van der Waals surface area contributed by atoms with E-state index in [1.807, 2.05) is 0 Å². The molecule has 3 aromatic rings. The van der Waals surface area contributed by atoms with Crippen LogP contribution in [0.15, 0.2) is 36.4 Å². The van der Waals surface area contributed by atoms with Gasteiger partial charge in [-0.1, -0.05) is 25.1 Å². The Morgan fingerprint density at radius 3 is 3.00 bits per heavy atom. The fraction of sp³-hybridized carbons (Fsp3) is 0.263. The molecule has 1 fully saturated rings. The molecular formula is C19H16IN3O. The Morgan fingerprint density at radius 1 is 1.29 bits per heavy atom. The van der Waals surface area contributed by atoms with Crippen molar-refractivity contribution in [2.75, 3.05) is 5.32 Å². The number of amides is 1. The Bertz CT molecular complexity index is 1010. The number of benzene rings is 2. The number of anilines is 1. The predicted molar refractivity (Wildman–Crippen MR) is 102 cm³/mol. The Morgan fingerprint density at radius 2 is 2.17 bits per heavy atom. The molecular weight excluding hydrogens is 413 g/mol. The number of hydrogen-bond donors (Lipinski definition) is 2. The Balaban J connectivity index is 1.60. The molecule has 1 amide bonds. The topological polar surface area (TPSA) is 57.8 Å². The minimum Gasteiger partial charge on any atom is -0.325 e. The zero-order chi connectivity index (χ0) is 16.5. The van der Waals surface area contributed by atoms with Crippen molar-refractivity contribution in [1.29, 1.82) is 0 Å². The summed E-state index contributed by atoms with van der Waals surface area (Å²) in [6.07, 6.45) is 1.87. The van der Waals surface area contributed by atoms with Gasteiger partial charge in [0.25, 0.3) is 0 Å². The summed E-state index contributed by atoms with van der Waals surface area (Å²) in [5.74, 6) is 0.395. The summed E-state index contributed by atoms with van der Waals surface area (Å²) in [4.78, 5) is 12.7. The smallest absolute Gasteiger partial charge is 0.235 e. The third kappa shape index (κ3) is 1.79. The van der Waals surface area contributed by atoms with Gasteiger partial charge in [-0.25, -0.2) is 0 Å². The molecule has 2 atom stereocenters. The van der Waals surface area contributed by atoms with E-state index < -0.39 is 0 Å². The highest BCUT2D eigenvalue weighted by molar-refractivity contribution is 14.1. The van der Waals surface area contributed by atoms with E-state index in [9.17, 15) is 4.79 Å². The van der Waals surface area contributed by atoms with E-state index in [1.54, 1.807) is 0 Å². The maximum Gasteiger partial charge on any atom is 0.235 e. The van der Waals surface area contributed by atoms with Gasteiger partial charge in [-0.15, -0.1) is 0 Å². The number of carbonyl (C=O) groups is 1. The van der Waals surface area contributed by atoms with Crippen molar-refractivity contribution < 1.29 is 4.79 Å². The van der Waals surface area contributed by atoms with Crippen molar-refractivity contribution in [2.45, 2.75) is 31.1 Å². The highest BCUT2D eigenvalue weighted by Crippen LogP contribution is 2.65. The molecule has 0 saturated heterocycles. The van der Waals surface area contributed by atoms with E-state index >= 15 is 0 Å². The number of aryl methyl sites for hydroxylation is 1. The molecule has 4 nitrogen and oxygen atoms in total. The molecule has 1 spiro atoms. The van der Waals surface area contributed by atoms with Gasteiger partial charge >= 0.3 is 0 Å². The van der Waals surface area contributed by atoms with Gasteiger partial charge in [0.1, 0.15) is 3.70 Å². The van der Waals surface area contributed by atoms with E-state index in [-0.39, 0.29) is 17.2 Å². The van der Waals surface area contributed by atoms with Crippen molar-refractivity contribution in [2.24, 2.45) is 0 Å².